The SMILES string of the molecule is Cc1ccc(-n2nc(-c3ccccc3)cc2NC(=O)C2CC2c2ccccc2)cc1. The van der Waals surface area contributed by atoms with Gasteiger partial charge in [0.1, 0.15) is 5.82 Å². The first-order valence-corrected chi connectivity index (χ1v) is 10.3. The second-order valence-corrected chi connectivity index (χ2v) is 7.88. The summed E-state index contributed by atoms with van der Waals surface area (Å²) in [5.41, 5.74) is 5.20. The smallest absolute Gasteiger partial charge is 0.229 e. The molecule has 0 spiro atoms. The molecule has 2 unspecified atom stereocenters. The zero-order valence-corrected chi connectivity index (χ0v) is 16.8. The normalized spacial score (nSPS) is 17.5. The Morgan fingerprint density at radius 2 is 1.60 bits per heavy atom. The molecule has 148 valence electrons. The largest absolute Gasteiger partial charge is 0.310 e. The quantitative estimate of drug-likeness (QED) is 0.480. The van der Waals surface area contributed by atoms with Crippen molar-refractivity contribution in [3.63, 3.8) is 0 Å². The predicted molar refractivity (Wildman–Crippen MR) is 120 cm³/mol. The molecule has 1 aliphatic carbocycles. The molecule has 3 aromatic carbocycles. The molecule has 1 saturated carbocycles. The number of hydrogen-bond donors (Lipinski definition) is 1. The van der Waals surface area contributed by atoms with E-state index in [9.17, 15) is 4.79 Å². The number of aryl methyl sites for hydroxylation is 1. The molecule has 4 aromatic rings. The number of anilines is 1. The Balaban J connectivity index is 1.44. The fourth-order valence-electron chi connectivity index (χ4n) is 3.88. The first-order valence-electron chi connectivity index (χ1n) is 10.3. The first kappa shape index (κ1) is 18.4. The van der Waals surface area contributed by atoms with Gasteiger partial charge in [0.05, 0.1) is 11.4 Å². The lowest BCUT2D eigenvalue weighted by Gasteiger charge is -2.09. The number of rotatable bonds is 5. The van der Waals surface area contributed by atoms with Gasteiger partial charge in [-0.1, -0.05) is 78.4 Å². The number of nitrogens with zero attached hydrogens (tertiary/aromatic N) is 2. The maximum Gasteiger partial charge on any atom is 0.229 e. The lowest BCUT2D eigenvalue weighted by Crippen LogP contribution is -2.17. The number of carbonyl (C=O) groups excluding carboxylic acids is 1. The number of aromatic nitrogens is 2. The third kappa shape index (κ3) is 3.64. The van der Waals surface area contributed by atoms with Gasteiger partial charge < -0.3 is 5.32 Å². The summed E-state index contributed by atoms with van der Waals surface area (Å²) in [6.45, 7) is 2.06. The van der Waals surface area contributed by atoms with E-state index in [2.05, 4.69) is 36.5 Å². The van der Waals surface area contributed by atoms with Crippen molar-refractivity contribution in [3.05, 3.63) is 102 Å². The van der Waals surface area contributed by atoms with Crippen molar-refractivity contribution in [2.45, 2.75) is 19.3 Å². The molecule has 0 saturated heterocycles. The highest BCUT2D eigenvalue weighted by Gasteiger charge is 2.44. The summed E-state index contributed by atoms with van der Waals surface area (Å²) < 4.78 is 1.82. The molecule has 1 fully saturated rings. The third-order valence-electron chi connectivity index (χ3n) is 5.66. The maximum absolute atomic E-state index is 13.0. The molecule has 1 amide bonds. The fraction of sp³-hybridized carbons (Fsp3) is 0.154. The Bertz CT molecular complexity index is 1160. The molecule has 0 radical (unpaired) electrons. The Morgan fingerprint density at radius 1 is 0.933 bits per heavy atom. The molecule has 4 nitrogen and oxygen atoms in total. The van der Waals surface area contributed by atoms with Crippen LogP contribution in [0.2, 0.25) is 0 Å². The van der Waals surface area contributed by atoms with E-state index in [1.807, 2.05) is 71.4 Å². The molecule has 1 aliphatic rings. The zero-order chi connectivity index (χ0) is 20.5. The summed E-state index contributed by atoms with van der Waals surface area (Å²) in [6.07, 6.45) is 0.889. The van der Waals surface area contributed by atoms with Gasteiger partial charge in [-0.2, -0.15) is 5.10 Å². The van der Waals surface area contributed by atoms with E-state index in [-0.39, 0.29) is 11.8 Å². The van der Waals surface area contributed by atoms with Gasteiger partial charge in [-0.15, -0.1) is 0 Å². The lowest BCUT2D eigenvalue weighted by atomic mass is 10.1. The maximum atomic E-state index is 13.0. The Kier molecular flexibility index (Phi) is 4.68. The zero-order valence-electron chi connectivity index (χ0n) is 16.8. The van der Waals surface area contributed by atoms with Crippen LogP contribution in [-0.2, 0) is 4.79 Å². The topological polar surface area (TPSA) is 46.9 Å². The van der Waals surface area contributed by atoms with Crippen LogP contribution in [0.4, 0.5) is 5.82 Å². The molecule has 4 heteroatoms. The van der Waals surface area contributed by atoms with E-state index in [4.69, 9.17) is 5.10 Å². The summed E-state index contributed by atoms with van der Waals surface area (Å²) in [5, 5.41) is 7.93. The second-order valence-electron chi connectivity index (χ2n) is 7.88. The molecule has 1 aromatic heterocycles. The van der Waals surface area contributed by atoms with Gasteiger partial charge in [-0.25, -0.2) is 4.68 Å². The van der Waals surface area contributed by atoms with E-state index in [1.54, 1.807) is 0 Å². The molecular formula is C26H23N3O. The van der Waals surface area contributed by atoms with E-state index in [0.717, 1.165) is 23.4 Å². The first-order chi connectivity index (χ1) is 14.7. The summed E-state index contributed by atoms with van der Waals surface area (Å²) in [5.74, 6) is 1.06. The van der Waals surface area contributed by atoms with Crippen LogP contribution in [0, 0.1) is 12.8 Å². The van der Waals surface area contributed by atoms with Gasteiger partial charge in [0, 0.05) is 17.5 Å². The average Bonchev–Trinajstić information content (AvgIpc) is 3.50. The van der Waals surface area contributed by atoms with Crippen molar-refractivity contribution >= 4 is 11.7 Å². The highest BCUT2D eigenvalue weighted by atomic mass is 16.2. The lowest BCUT2D eigenvalue weighted by molar-refractivity contribution is -0.117. The van der Waals surface area contributed by atoms with Gasteiger partial charge in [0.2, 0.25) is 5.91 Å². The predicted octanol–water partition coefficient (Wildman–Crippen LogP) is 5.59. The average molecular weight is 393 g/mol. The van der Waals surface area contributed by atoms with Gasteiger partial charge >= 0.3 is 0 Å². The van der Waals surface area contributed by atoms with Crippen LogP contribution in [0.3, 0.4) is 0 Å². The Labute approximate surface area is 176 Å². The molecular weight excluding hydrogens is 370 g/mol. The van der Waals surface area contributed by atoms with Crippen LogP contribution in [0.15, 0.2) is 91.0 Å². The minimum atomic E-state index is 0.00828. The summed E-state index contributed by atoms with van der Waals surface area (Å²) in [6, 6.07) is 30.4. The number of benzene rings is 3. The van der Waals surface area contributed by atoms with Crippen LogP contribution in [0.5, 0.6) is 0 Å². The molecule has 0 aliphatic heterocycles. The standard InChI is InChI=1S/C26H23N3O/c1-18-12-14-21(15-13-18)29-25(17-24(28-29)20-10-6-3-7-11-20)27-26(30)23-16-22(23)19-8-4-2-5-9-19/h2-15,17,22-23H,16H2,1H3,(H,27,30). The van der Waals surface area contributed by atoms with E-state index >= 15 is 0 Å². The van der Waals surface area contributed by atoms with Crippen LogP contribution in [0.25, 0.3) is 16.9 Å². The van der Waals surface area contributed by atoms with Gasteiger partial charge in [-0.3, -0.25) is 4.79 Å². The summed E-state index contributed by atoms with van der Waals surface area (Å²) in [7, 11) is 0. The van der Waals surface area contributed by atoms with Crippen molar-refractivity contribution in [2.75, 3.05) is 5.32 Å². The van der Waals surface area contributed by atoms with Crippen molar-refractivity contribution < 1.29 is 4.79 Å². The summed E-state index contributed by atoms with van der Waals surface area (Å²) >= 11 is 0. The van der Waals surface area contributed by atoms with Crippen LogP contribution in [-0.4, -0.2) is 15.7 Å². The molecule has 5 rings (SSSR count). The molecule has 30 heavy (non-hydrogen) atoms. The number of nitrogens with one attached hydrogen (secondary N) is 1. The minimum absolute atomic E-state index is 0.00828. The van der Waals surface area contributed by atoms with Crippen molar-refractivity contribution in [1.82, 2.24) is 9.78 Å². The van der Waals surface area contributed by atoms with Crippen molar-refractivity contribution in [1.29, 1.82) is 0 Å². The van der Waals surface area contributed by atoms with Crippen molar-refractivity contribution in [2.24, 2.45) is 5.92 Å². The second kappa shape index (κ2) is 7.64. The Morgan fingerprint density at radius 3 is 2.30 bits per heavy atom. The van der Waals surface area contributed by atoms with E-state index < -0.39 is 0 Å². The molecule has 1 N–H and O–H groups in total. The highest BCUT2D eigenvalue weighted by molar-refractivity contribution is 5.95. The number of amides is 1. The fourth-order valence-corrected chi connectivity index (χ4v) is 3.88. The van der Waals surface area contributed by atoms with Crippen LogP contribution < -0.4 is 5.32 Å². The number of carbonyl (C=O) groups is 1. The third-order valence-corrected chi connectivity index (χ3v) is 5.66. The van der Waals surface area contributed by atoms with E-state index in [0.29, 0.717) is 11.7 Å². The molecule has 2 atom stereocenters. The van der Waals surface area contributed by atoms with Gasteiger partial charge in [0.25, 0.3) is 0 Å². The highest BCUT2D eigenvalue weighted by Crippen LogP contribution is 2.48. The summed E-state index contributed by atoms with van der Waals surface area (Å²) in [4.78, 5) is 13.0. The van der Waals surface area contributed by atoms with E-state index in [1.165, 1.54) is 11.1 Å². The minimum Gasteiger partial charge on any atom is -0.310 e. The van der Waals surface area contributed by atoms with Crippen LogP contribution >= 0.6 is 0 Å². The van der Waals surface area contributed by atoms with Gasteiger partial charge in [0.15, 0.2) is 0 Å². The monoisotopic (exact) mass is 393 g/mol. The molecule has 1 heterocycles. The Hall–Kier alpha value is -3.66. The van der Waals surface area contributed by atoms with Gasteiger partial charge in [-0.05, 0) is 37.0 Å². The van der Waals surface area contributed by atoms with Crippen LogP contribution in [0.1, 0.15) is 23.5 Å². The number of hydrogen-bond acceptors (Lipinski definition) is 2. The molecule has 0 bridgehead atoms. The van der Waals surface area contributed by atoms with Crippen molar-refractivity contribution in [3.8, 4) is 16.9 Å².